The third-order valence-corrected chi connectivity index (χ3v) is 0. The van der Waals surface area contributed by atoms with Gasteiger partial charge in [0.05, 0.1) is 0 Å². The van der Waals surface area contributed by atoms with E-state index in [0.717, 1.165) is 0 Å². The molecule has 0 aromatic heterocycles. The van der Waals surface area contributed by atoms with Crippen LogP contribution in [0.3, 0.4) is 0 Å². The molecule has 0 heterocycles. The van der Waals surface area contributed by atoms with E-state index in [0.29, 0.717) is 0 Å². The number of hydrogen-bond donors (Lipinski definition) is 0. The summed E-state index contributed by atoms with van der Waals surface area (Å²) in [4.78, 5) is 0. The quantitative estimate of drug-likeness (QED) is 0.400. The van der Waals surface area contributed by atoms with E-state index in [1.807, 2.05) is 69.2 Å². The molecule has 6 unspecified atom stereocenters. The van der Waals surface area contributed by atoms with Crippen LogP contribution in [-0.4, -0.2) is 35.9 Å². The molecule has 0 saturated carbocycles. The van der Waals surface area contributed by atoms with Gasteiger partial charge in [0, 0.05) is 0 Å². The summed E-state index contributed by atoms with van der Waals surface area (Å²) in [7, 11) is 0. The molecule has 0 bridgehead atoms. The van der Waals surface area contributed by atoms with E-state index in [9.17, 15) is 0 Å². The normalized spacial score (nSPS) is 1.88. The van der Waals surface area contributed by atoms with Crippen LogP contribution >= 0.6 is 39.6 Å². The summed E-state index contributed by atoms with van der Waals surface area (Å²) in [6, 6.07) is 0. The van der Waals surface area contributed by atoms with E-state index in [2.05, 4.69) is 0 Å². The van der Waals surface area contributed by atoms with Gasteiger partial charge in [0.15, 0.2) is 0 Å². The Morgan fingerprint density at radius 1 is 0.250 bits per heavy atom. The second-order valence-corrected chi connectivity index (χ2v) is 0. The molecule has 0 radical (unpaired) electrons. The van der Waals surface area contributed by atoms with E-state index in [4.69, 9.17) is 0 Å². The maximum atomic E-state index is 2.00. The fourth-order valence-electron chi connectivity index (χ4n) is 0. The zero-order valence-corrected chi connectivity index (χ0v) is 25.8. The van der Waals surface area contributed by atoms with Gasteiger partial charge in [-0.15, -0.1) is 0 Å². The van der Waals surface area contributed by atoms with Crippen molar-refractivity contribution >= 4 is 75.5 Å². The SMILES string of the molecule is CC.CC.CC.CC.CC.P.P.P.P.[AsH3].[AsH3]. The van der Waals surface area contributed by atoms with Crippen LogP contribution in [0.5, 0.6) is 0 Å². The van der Waals surface area contributed by atoms with Gasteiger partial charge in [0.1, 0.15) is 0 Å². The predicted octanol–water partition coefficient (Wildman–Crippen LogP) is 3.00. The Balaban J connectivity index is -0.00000000198. The summed E-state index contributed by atoms with van der Waals surface area (Å²) >= 11 is 0. The van der Waals surface area contributed by atoms with Crippen molar-refractivity contribution in [3.63, 3.8) is 0 Å². The molecule has 0 nitrogen and oxygen atoms in total. The van der Waals surface area contributed by atoms with Gasteiger partial charge in [0.2, 0.25) is 0 Å². The van der Waals surface area contributed by atoms with Crippen LogP contribution < -0.4 is 0 Å². The topological polar surface area (TPSA) is 0 Å². The first-order chi connectivity index (χ1) is 5.00. The minimum absolute atomic E-state index is 0. The van der Waals surface area contributed by atoms with Crippen LogP contribution in [0.1, 0.15) is 69.2 Å². The molecule has 0 aliphatic heterocycles. The fraction of sp³-hybridized carbons (Fsp3) is 1.00. The summed E-state index contributed by atoms with van der Waals surface area (Å²) in [5.41, 5.74) is 0. The second-order valence-electron chi connectivity index (χ2n) is 0. The van der Waals surface area contributed by atoms with Gasteiger partial charge in [-0.3, -0.25) is 0 Å². The fourth-order valence-corrected chi connectivity index (χ4v) is 0. The molecule has 6 atom stereocenters. The molecular formula is C10H48As2P4. The first-order valence-electron chi connectivity index (χ1n) is 5.00. The van der Waals surface area contributed by atoms with Crippen molar-refractivity contribution in [1.82, 2.24) is 0 Å². The molecule has 0 aliphatic carbocycles. The van der Waals surface area contributed by atoms with Gasteiger partial charge in [-0.05, 0) is 0 Å². The molecule has 0 saturated heterocycles. The van der Waals surface area contributed by atoms with Crippen LogP contribution in [0.4, 0.5) is 0 Å². The zero-order chi connectivity index (χ0) is 10.0. The minimum atomic E-state index is 0. The first kappa shape index (κ1) is 97.6. The molecule has 0 aliphatic rings. The van der Waals surface area contributed by atoms with Gasteiger partial charge in [-0.25, -0.2) is 0 Å². The molecule has 0 amide bonds. The third-order valence-electron chi connectivity index (χ3n) is 0. The van der Waals surface area contributed by atoms with E-state index < -0.39 is 0 Å². The van der Waals surface area contributed by atoms with Crippen LogP contribution in [0, 0.1) is 0 Å². The monoisotopic (exact) mass is 442 g/mol. The zero-order valence-electron chi connectivity index (χ0n) is 14.2. The average molecular weight is 442 g/mol. The Labute approximate surface area is 144 Å². The van der Waals surface area contributed by atoms with Crippen molar-refractivity contribution in [3.05, 3.63) is 0 Å². The summed E-state index contributed by atoms with van der Waals surface area (Å²) < 4.78 is 0. The average Bonchev–Trinajstić information content (AvgIpc) is 2.20. The van der Waals surface area contributed by atoms with Crippen molar-refractivity contribution in [2.75, 3.05) is 0 Å². The van der Waals surface area contributed by atoms with E-state index in [1.165, 1.54) is 0 Å². The van der Waals surface area contributed by atoms with E-state index in [1.54, 1.807) is 0 Å². The number of hydrogen-bond acceptors (Lipinski definition) is 0. The summed E-state index contributed by atoms with van der Waals surface area (Å²) in [5, 5.41) is 0. The Hall–Kier alpha value is 2.84. The molecule has 0 aromatic carbocycles. The van der Waals surface area contributed by atoms with Gasteiger partial charge in [0.25, 0.3) is 0 Å². The van der Waals surface area contributed by atoms with Crippen molar-refractivity contribution in [2.24, 2.45) is 0 Å². The van der Waals surface area contributed by atoms with Crippen molar-refractivity contribution < 1.29 is 0 Å². The van der Waals surface area contributed by atoms with Gasteiger partial charge in [-0.1, -0.05) is 69.2 Å². The maximum absolute atomic E-state index is 2.00. The first-order valence-corrected chi connectivity index (χ1v) is 5.00. The molecule has 0 aromatic rings. The predicted molar refractivity (Wildman–Crippen MR) is 121 cm³/mol. The Morgan fingerprint density at radius 3 is 0.250 bits per heavy atom. The summed E-state index contributed by atoms with van der Waals surface area (Å²) in [5.74, 6) is 0. The molecule has 118 valence electrons. The van der Waals surface area contributed by atoms with Crippen molar-refractivity contribution in [3.8, 4) is 0 Å². The Bertz CT molecular complexity index is 20.8. The van der Waals surface area contributed by atoms with Crippen molar-refractivity contribution in [2.45, 2.75) is 69.2 Å². The van der Waals surface area contributed by atoms with E-state index >= 15 is 0 Å². The van der Waals surface area contributed by atoms with Gasteiger partial charge >= 0.3 is 35.9 Å². The Morgan fingerprint density at radius 2 is 0.250 bits per heavy atom. The summed E-state index contributed by atoms with van der Waals surface area (Å²) in [6.45, 7) is 20.0. The molecule has 6 heteroatoms. The van der Waals surface area contributed by atoms with Crippen LogP contribution in [0.15, 0.2) is 0 Å². The summed E-state index contributed by atoms with van der Waals surface area (Å²) in [6.07, 6.45) is 0. The third kappa shape index (κ3) is 525. The van der Waals surface area contributed by atoms with Crippen LogP contribution in [0.25, 0.3) is 0 Å². The van der Waals surface area contributed by atoms with E-state index in [-0.39, 0.29) is 75.5 Å². The van der Waals surface area contributed by atoms with Crippen LogP contribution in [0.2, 0.25) is 0 Å². The van der Waals surface area contributed by atoms with Gasteiger partial charge in [-0.2, -0.15) is 39.6 Å². The molecule has 0 rings (SSSR count). The number of rotatable bonds is 0. The molecular weight excluding hydrogens is 394 g/mol. The van der Waals surface area contributed by atoms with Gasteiger partial charge < -0.3 is 0 Å². The van der Waals surface area contributed by atoms with Crippen molar-refractivity contribution in [1.29, 1.82) is 0 Å². The Kier molecular flexibility index (Phi) is 3830. The molecule has 0 fully saturated rings. The molecule has 0 spiro atoms. The standard InChI is InChI=1S/5C2H6.2AsH3.4H3P/c5*1-2;;;;;;/h5*1-2H3;6*1H3. The second kappa shape index (κ2) is 628. The van der Waals surface area contributed by atoms with Crippen LogP contribution in [-0.2, 0) is 0 Å². The molecule has 16 heavy (non-hydrogen) atoms. The molecule has 0 N–H and O–H groups in total.